The molecule has 6 heteroatoms. The number of rotatable bonds is 6. The minimum absolute atomic E-state index is 0.214. The highest BCUT2D eigenvalue weighted by Gasteiger charge is 2.21. The second-order valence-electron chi connectivity index (χ2n) is 5.79. The van der Waals surface area contributed by atoms with Crippen molar-refractivity contribution in [1.82, 2.24) is 10.6 Å². The van der Waals surface area contributed by atoms with Crippen LogP contribution in [0.5, 0.6) is 0 Å². The van der Waals surface area contributed by atoms with Crippen LogP contribution in [0.3, 0.4) is 0 Å². The minimum Gasteiger partial charge on any atom is -0.502 e. The summed E-state index contributed by atoms with van der Waals surface area (Å²) in [5, 5.41) is 5.73. The molecule has 1 aliphatic heterocycles. The summed E-state index contributed by atoms with van der Waals surface area (Å²) in [6, 6.07) is 2.48. The highest BCUT2D eigenvalue weighted by atomic mass is 19.2. The van der Waals surface area contributed by atoms with Crippen molar-refractivity contribution < 1.29 is 18.3 Å². The van der Waals surface area contributed by atoms with Crippen LogP contribution in [0, 0.1) is 11.6 Å². The normalized spacial score (nSPS) is 15.4. The van der Waals surface area contributed by atoms with E-state index in [1.165, 1.54) is 19.2 Å². The van der Waals surface area contributed by atoms with Crippen molar-refractivity contribution in [2.45, 2.75) is 25.8 Å². The van der Waals surface area contributed by atoms with E-state index in [2.05, 4.69) is 17.2 Å². The first-order valence-electron chi connectivity index (χ1n) is 7.84. The Morgan fingerprint density at radius 1 is 1.42 bits per heavy atom. The maximum absolute atomic E-state index is 14.4. The van der Waals surface area contributed by atoms with E-state index < -0.39 is 17.5 Å². The molecule has 0 spiro atoms. The van der Waals surface area contributed by atoms with Crippen LogP contribution in [-0.2, 0) is 4.74 Å². The zero-order valence-electron chi connectivity index (χ0n) is 13.9. The van der Waals surface area contributed by atoms with Crippen LogP contribution >= 0.6 is 0 Å². The predicted molar refractivity (Wildman–Crippen MR) is 89.5 cm³/mol. The van der Waals surface area contributed by atoms with Gasteiger partial charge in [-0.15, -0.1) is 0 Å². The summed E-state index contributed by atoms with van der Waals surface area (Å²) in [7, 11) is 1.49. The summed E-state index contributed by atoms with van der Waals surface area (Å²) in [6.45, 7) is 6.75. The predicted octanol–water partition coefficient (Wildman–Crippen LogP) is 3.01. The molecule has 1 amide bonds. The Balaban J connectivity index is 2.16. The molecule has 4 nitrogen and oxygen atoms in total. The van der Waals surface area contributed by atoms with Crippen molar-refractivity contribution in [3.05, 3.63) is 53.3 Å². The van der Waals surface area contributed by atoms with Crippen LogP contribution in [0.4, 0.5) is 8.78 Å². The molecule has 2 rings (SSSR count). The van der Waals surface area contributed by atoms with Crippen LogP contribution in [0.15, 0.2) is 30.5 Å². The molecule has 1 heterocycles. The van der Waals surface area contributed by atoms with E-state index in [-0.39, 0.29) is 17.2 Å². The highest BCUT2D eigenvalue weighted by molar-refractivity contribution is 5.95. The lowest BCUT2D eigenvalue weighted by Crippen LogP contribution is -2.33. The lowest BCUT2D eigenvalue weighted by atomic mass is 9.97. The summed E-state index contributed by atoms with van der Waals surface area (Å²) in [5.74, 6) is -2.26. The molecule has 24 heavy (non-hydrogen) atoms. The quantitative estimate of drug-likeness (QED) is 0.785. The molecule has 0 aromatic heterocycles. The number of amides is 1. The van der Waals surface area contributed by atoms with E-state index in [0.717, 1.165) is 12.1 Å². The summed E-state index contributed by atoms with van der Waals surface area (Å²) >= 11 is 0. The van der Waals surface area contributed by atoms with Gasteiger partial charge in [-0.05, 0) is 31.5 Å². The molecule has 0 aliphatic carbocycles. The third-order valence-corrected chi connectivity index (χ3v) is 3.94. The molecule has 0 saturated carbocycles. The molecule has 0 fully saturated rings. The second kappa shape index (κ2) is 8.06. The fraction of sp³-hybridized carbons (Fsp3) is 0.389. The van der Waals surface area contributed by atoms with Gasteiger partial charge in [-0.2, -0.15) is 0 Å². The number of benzene rings is 1. The molecule has 1 aromatic carbocycles. The topological polar surface area (TPSA) is 50.4 Å². The number of hydrogen-bond donors (Lipinski definition) is 2. The Morgan fingerprint density at radius 3 is 2.79 bits per heavy atom. The number of carbonyl (C=O) groups excluding carboxylic acids is 1. The second-order valence-corrected chi connectivity index (χ2v) is 5.79. The van der Waals surface area contributed by atoms with Gasteiger partial charge < -0.3 is 15.4 Å². The van der Waals surface area contributed by atoms with Gasteiger partial charge in [-0.1, -0.05) is 18.7 Å². The van der Waals surface area contributed by atoms with E-state index in [4.69, 9.17) is 4.74 Å². The van der Waals surface area contributed by atoms with Crippen molar-refractivity contribution in [2.24, 2.45) is 0 Å². The molecule has 1 unspecified atom stereocenters. The number of ether oxygens (including phenoxy) is 1. The van der Waals surface area contributed by atoms with Crippen molar-refractivity contribution in [3.63, 3.8) is 0 Å². The van der Waals surface area contributed by atoms with Crippen LogP contribution in [0.25, 0.3) is 5.57 Å². The van der Waals surface area contributed by atoms with Gasteiger partial charge in [0.2, 0.25) is 0 Å². The smallest absolute Gasteiger partial charge is 0.254 e. The van der Waals surface area contributed by atoms with Gasteiger partial charge in [0.15, 0.2) is 11.6 Å². The number of halogens is 2. The van der Waals surface area contributed by atoms with Crippen molar-refractivity contribution in [3.8, 4) is 0 Å². The Kier molecular flexibility index (Phi) is 6.09. The number of hydrogen-bond acceptors (Lipinski definition) is 3. The Morgan fingerprint density at radius 2 is 2.17 bits per heavy atom. The summed E-state index contributed by atoms with van der Waals surface area (Å²) in [4.78, 5) is 12.2. The first-order chi connectivity index (χ1) is 11.4. The molecule has 0 saturated heterocycles. The van der Waals surface area contributed by atoms with Crippen LogP contribution in [0.1, 0.15) is 35.7 Å². The molecular weight excluding hydrogens is 314 g/mol. The van der Waals surface area contributed by atoms with Gasteiger partial charge in [0.1, 0.15) is 0 Å². The Labute approximate surface area is 140 Å². The first-order valence-corrected chi connectivity index (χ1v) is 7.84. The van der Waals surface area contributed by atoms with Crippen LogP contribution in [0.2, 0.25) is 0 Å². The van der Waals surface area contributed by atoms with E-state index in [1.807, 2.05) is 6.08 Å². The standard InChI is InChI=1S/C18H22F2N2O2/c1-11(10-12(2)24-3)22-18(23)15-5-4-14(16(19)17(15)20)13-6-8-21-9-7-13/h4-6,11,21H,2,7-10H2,1,3H3,(H,22,23). The lowest BCUT2D eigenvalue weighted by Gasteiger charge is -2.17. The summed E-state index contributed by atoms with van der Waals surface area (Å²) < 4.78 is 33.6. The number of carbonyl (C=O) groups is 1. The molecule has 0 radical (unpaired) electrons. The number of methoxy groups -OCH3 is 1. The van der Waals surface area contributed by atoms with Crippen molar-refractivity contribution in [2.75, 3.05) is 20.2 Å². The average Bonchev–Trinajstić information content (AvgIpc) is 2.57. The Hall–Kier alpha value is -2.21. The fourth-order valence-electron chi connectivity index (χ4n) is 2.62. The van der Waals surface area contributed by atoms with Gasteiger partial charge in [-0.25, -0.2) is 8.78 Å². The molecular formula is C18H22F2N2O2. The molecule has 1 atom stereocenters. The monoisotopic (exact) mass is 336 g/mol. The van der Waals surface area contributed by atoms with Crippen LogP contribution < -0.4 is 10.6 Å². The molecule has 1 aromatic rings. The molecule has 0 bridgehead atoms. The first kappa shape index (κ1) is 18.1. The summed E-state index contributed by atoms with van der Waals surface area (Å²) in [6.07, 6.45) is 2.85. The van der Waals surface area contributed by atoms with Gasteiger partial charge in [-0.3, -0.25) is 4.79 Å². The largest absolute Gasteiger partial charge is 0.502 e. The van der Waals surface area contributed by atoms with Gasteiger partial charge >= 0.3 is 0 Å². The Bertz CT molecular complexity index is 671. The summed E-state index contributed by atoms with van der Waals surface area (Å²) in [5.41, 5.74) is 0.661. The lowest BCUT2D eigenvalue weighted by molar-refractivity contribution is 0.0932. The van der Waals surface area contributed by atoms with E-state index in [1.54, 1.807) is 6.92 Å². The maximum Gasteiger partial charge on any atom is 0.254 e. The van der Waals surface area contributed by atoms with Gasteiger partial charge in [0, 0.05) is 24.6 Å². The average molecular weight is 336 g/mol. The third-order valence-electron chi connectivity index (χ3n) is 3.94. The zero-order chi connectivity index (χ0) is 17.7. The van der Waals surface area contributed by atoms with Crippen molar-refractivity contribution in [1.29, 1.82) is 0 Å². The van der Waals surface area contributed by atoms with E-state index >= 15 is 0 Å². The van der Waals surface area contributed by atoms with E-state index in [0.29, 0.717) is 25.1 Å². The van der Waals surface area contributed by atoms with Gasteiger partial charge in [0.05, 0.1) is 18.4 Å². The molecule has 1 aliphatic rings. The fourth-order valence-corrected chi connectivity index (χ4v) is 2.62. The maximum atomic E-state index is 14.4. The zero-order valence-corrected chi connectivity index (χ0v) is 13.9. The van der Waals surface area contributed by atoms with Crippen LogP contribution in [-0.4, -0.2) is 32.1 Å². The molecule has 2 N–H and O–H groups in total. The van der Waals surface area contributed by atoms with Crippen molar-refractivity contribution >= 4 is 11.5 Å². The minimum atomic E-state index is -1.12. The molecule has 130 valence electrons. The third kappa shape index (κ3) is 4.20. The SMILES string of the molecule is C=C(CC(C)NC(=O)c1ccc(C2=CCNCC2)c(F)c1F)OC. The number of nitrogens with one attached hydrogen (secondary N) is 2. The highest BCUT2D eigenvalue weighted by Crippen LogP contribution is 2.26. The van der Waals surface area contributed by atoms with Gasteiger partial charge in [0.25, 0.3) is 5.91 Å². The van der Waals surface area contributed by atoms with E-state index in [9.17, 15) is 13.6 Å².